The van der Waals surface area contributed by atoms with Gasteiger partial charge in [-0.15, -0.1) is 0 Å². The number of hydrogen-bond donors (Lipinski definition) is 0. The minimum Gasteiger partial charge on any atom is -0.491 e. The van der Waals surface area contributed by atoms with Crippen molar-refractivity contribution in [2.45, 2.75) is 45.6 Å². The van der Waals surface area contributed by atoms with Gasteiger partial charge in [-0.1, -0.05) is 36.2 Å². The number of aromatic nitrogens is 3. The Morgan fingerprint density at radius 1 is 0.977 bits per heavy atom. The summed E-state index contributed by atoms with van der Waals surface area (Å²) in [7, 11) is 0. The van der Waals surface area contributed by atoms with E-state index in [2.05, 4.69) is 53.0 Å². The zero-order valence-corrected chi connectivity index (χ0v) is 26.7. The second-order valence-corrected chi connectivity index (χ2v) is 12.2. The lowest BCUT2D eigenvalue weighted by Crippen LogP contribution is -2.46. The van der Waals surface area contributed by atoms with Crippen LogP contribution >= 0.6 is 23.2 Å². The topological polar surface area (TPSA) is 74.0 Å². The molecule has 1 unspecified atom stereocenters. The largest absolute Gasteiger partial charge is 0.491 e. The van der Waals surface area contributed by atoms with Crippen LogP contribution < -0.4 is 20.2 Å². The van der Waals surface area contributed by atoms with Crippen LogP contribution in [-0.2, 0) is 9.47 Å². The average Bonchev–Trinajstić information content (AvgIpc) is 3.66. The Labute approximate surface area is 267 Å². The second-order valence-electron chi connectivity index (χ2n) is 11.3. The predicted octanol–water partition coefficient (Wildman–Crippen LogP) is 6.44. The molecule has 9 nitrogen and oxygen atoms in total. The molecule has 1 aromatic heterocycles. The highest BCUT2D eigenvalue weighted by Gasteiger charge is 2.29. The molecule has 232 valence electrons. The van der Waals surface area contributed by atoms with Crippen molar-refractivity contribution in [1.29, 1.82) is 0 Å². The van der Waals surface area contributed by atoms with Crippen molar-refractivity contribution < 1.29 is 14.2 Å². The van der Waals surface area contributed by atoms with Crippen LogP contribution in [0.4, 0.5) is 11.4 Å². The summed E-state index contributed by atoms with van der Waals surface area (Å²) in [5, 5.41) is 5.39. The molecule has 44 heavy (non-hydrogen) atoms. The fraction of sp³-hybridized carbons (Fsp3) is 0.394. The molecule has 0 spiro atoms. The first-order valence-electron chi connectivity index (χ1n) is 15.0. The van der Waals surface area contributed by atoms with Crippen LogP contribution in [0.15, 0.2) is 71.8 Å². The van der Waals surface area contributed by atoms with Crippen molar-refractivity contribution in [2.75, 3.05) is 49.2 Å². The molecule has 3 aromatic carbocycles. The zero-order valence-electron chi connectivity index (χ0n) is 25.2. The van der Waals surface area contributed by atoms with Gasteiger partial charge in [-0.05, 0) is 80.4 Å². The van der Waals surface area contributed by atoms with E-state index in [9.17, 15) is 4.79 Å². The number of hydrogen-bond acceptors (Lipinski definition) is 7. The van der Waals surface area contributed by atoms with Gasteiger partial charge in [-0.3, -0.25) is 0 Å². The Morgan fingerprint density at radius 3 is 2.41 bits per heavy atom. The number of nitrogens with zero attached hydrogens (tertiary/aromatic N) is 5. The number of benzene rings is 3. The SMILES string of the molecule is CCC(C)n1ncn(-c2ccc(N3CCN(c4ccc(OC[C@@H]5CO[C@@H](c6ccc(Cl)cc6Cl)O5)cc4C)CC3)cc2)c1=O. The molecule has 0 aliphatic carbocycles. The fourth-order valence-electron chi connectivity index (χ4n) is 5.65. The van der Waals surface area contributed by atoms with Gasteiger partial charge < -0.3 is 24.0 Å². The molecule has 2 saturated heterocycles. The molecule has 0 bridgehead atoms. The van der Waals surface area contributed by atoms with E-state index in [1.807, 2.05) is 31.2 Å². The van der Waals surface area contributed by atoms with Gasteiger partial charge in [0.2, 0.25) is 0 Å². The van der Waals surface area contributed by atoms with Crippen molar-refractivity contribution in [3.8, 4) is 11.4 Å². The van der Waals surface area contributed by atoms with E-state index < -0.39 is 6.29 Å². The van der Waals surface area contributed by atoms with E-state index in [-0.39, 0.29) is 17.8 Å². The highest BCUT2D eigenvalue weighted by atomic mass is 35.5. The normalized spacial score (nSPS) is 19.4. The Hall–Kier alpha value is -3.50. The third-order valence-corrected chi connectivity index (χ3v) is 8.95. The van der Waals surface area contributed by atoms with Crippen LogP contribution in [-0.4, -0.2) is 59.8 Å². The van der Waals surface area contributed by atoms with Gasteiger partial charge in [0.15, 0.2) is 6.29 Å². The standard InChI is InChI=1S/C33H37Cl2N5O4/c1-4-23(3)40-33(41)39(21-36-40)26-8-6-25(7-9-26)37-13-15-38(16-14-37)31-12-10-27(17-22(31)2)42-19-28-20-43-32(44-28)29-11-5-24(34)18-30(29)35/h5-12,17-18,21,23,28,32H,4,13-16,19-20H2,1-3H3/t23?,28-,32-/m1/s1. The van der Waals surface area contributed by atoms with Crippen LogP contribution in [0.5, 0.6) is 5.75 Å². The van der Waals surface area contributed by atoms with E-state index in [0.717, 1.165) is 60.9 Å². The second kappa shape index (κ2) is 13.2. The lowest BCUT2D eigenvalue weighted by atomic mass is 10.1. The number of piperazine rings is 1. The van der Waals surface area contributed by atoms with E-state index in [4.69, 9.17) is 37.4 Å². The van der Waals surface area contributed by atoms with Crippen molar-refractivity contribution >= 4 is 34.6 Å². The first-order chi connectivity index (χ1) is 21.3. The van der Waals surface area contributed by atoms with E-state index in [1.54, 1.807) is 27.7 Å². The molecule has 3 atom stereocenters. The molecule has 4 aromatic rings. The van der Waals surface area contributed by atoms with Crippen LogP contribution in [0.25, 0.3) is 5.69 Å². The van der Waals surface area contributed by atoms with Crippen molar-refractivity contribution in [3.63, 3.8) is 0 Å². The predicted molar refractivity (Wildman–Crippen MR) is 174 cm³/mol. The number of ether oxygens (including phenoxy) is 3. The number of anilines is 2. The van der Waals surface area contributed by atoms with E-state index in [1.165, 1.54) is 5.69 Å². The van der Waals surface area contributed by atoms with Crippen molar-refractivity contribution in [3.05, 3.63) is 98.6 Å². The van der Waals surface area contributed by atoms with Gasteiger partial charge in [0.1, 0.15) is 24.8 Å². The smallest absolute Gasteiger partial charge is 0.350 e. The molecule has 0 saturated carbocycles. The summed E-state index contributed by atoms with van der Waals surface area (Å²) < 4.78 is 21.1. The zero-order chi connectivity index (χ0) is 30.8. The molecular weight excluding hydrogens is 601 g/mol. The van der Waals surface area contributed by atoms with Gasteiger partial charge in [0, 0.05) is 48.1 Å². The maximum Gasteiger partial charge on any atom is 0.350 e. The molecule has 0 amide bonds. The summed E-state index contributed by atoms with van der Waals surface area (Å²) in [5.41, 5.74) is 5.00. The monoisotopic (exact) mass is 637 g/mol. The summed E-state index contributed by atoms with van der Waals surface area (Å²) >= 11 is 12.3. The molecule has 2 aliphatic heterocycles. The van der Waals surface area contributed by atoms with Gasteiger partial charge in [0.05, 0.1) is 23.4 Å². The molecule has 6 rings (SSSR count). The third kappa shape index (κ3) is 6.47. The maximum atomic E-state index is 12.8. The summed E-state index contributed by atoms with van der Waals surface area (Å²) in [4.78, 5) is 17.6. The van der Waals surface area contributed by atoms with E-state index >= 15 is 0 Å². The number of rotatable bonds is 9. The van der Waals surface area contributed by atoms with Gasteiger partial charge in [-0.25, -0.2) is 14.0 Å². The summed E-state index contributed by atoms with van der Waals surface area (Å²) in [6.45, 7) is 10.6. The summed E-state index contributed by atoms with van der Waals surface area (Å²) in [6.07, 6.45) is 1.73. The average molecular weight is 639 g/mol. The fourth-order valence-corrected chi connectivity index (χ4v) is 6.15. The maximum absolute atomic E-state index is 12.8. The van der Waals surface area contributed by atoms with Crippen molar-refractivity contribution in [1.82, 2.24) is 14.3 Å². The molecule has 11 heteroatoms. The summed E-state index contributed by atoms with van der Waals surface area (Å²) in [6, 6.07) is 19.7. The molecule has 3 heterocycles. The molecule has 2 aliphatic rings. The van der Waals surface area contributed by atoms with Crippen LogP contribution in [0.2, 0.25) is 10.0 Å². The van der Waals surface area contributed by atoms with Gasteiger partial charge >= 0.3 is 5.69 Å². The lowest BCUT2D eigenvalue weighted by molar-refractivity contribution is -0.0658. The van der Waals surface area contributed by atoms with Gasteiger partial charge in [0.25, 0.3) is 0 Å². The number of halogens is 2. The Bertz CT molecular complexity index is 1650. The Morgan fingerprint density at radius 2 is 1.70 bits per heavy atom. The minimum atomic E-state index is -0.529. The first kappa shape index (κ1) is 30.5. The summed E-state index contributed by atoms with van der Waals surface area (Å²) in [5.74, 6) is 0.801. The minimum absolute atomic E-state index is 0.0724. The molecule has 2 fully saturated rings. The van der Waals surface area contributed by atoms with Crippen molar-refractivity contribution in [2.24, 2.45) is 0 Å². The van der Waals surface area contributed by atoms with Crippen LogP contribution in [0.3, 0.4) is 0 Å². The quantitative estimate of drug-likeness (QED) is 0.209. The molecule has 0 N–H and O–H groups in total. The molecule has 0 radical (unpaired) electrons. The highest BCUT2D eigenvalue weighted by molar-refractivity contribution is 6.35. The van der Waals surface area contributed by atoms with Crippen LogP contribution in [0.1, 0.15) is 43.7 Å². The molecular formula is C33H37Cl2N5O4. The van der Waals surface area contributed by atoms with Crippen LogP contribution in [0, 0.1) is 6.92 Å². The number of aryl methyl sites for hydroxylation is 1. The highest BCUT2D eigenvalue weighted by Crippen LogP contribution is 2.34. The van der Waals surface area contributed by atoms with Gasteiger partial charge in [-0.2, -0.15) is 5.10 Å². The van der Waals surface area contributed by atoms with E-state index in [0.29, 0.717) is 23.3 Å². The third-order valence-electron chi connectivity index (χ3n) is 8.39. The Balaban J connectivity index is 1.01. The lowest BCUT2D eigenvalue weighted by Gasteiger charge is -2.38. The Kier molecular flexibility index (Phi) is 9.18. The first-order valence-corrected chi connectivity index (χ1v) is 15.8.